The summed E-state index contributed by atoms with van der Waals surface area (Å²) in [6, 6.07) is 24.2. The van der Waals surface area contributed by atoms with Crippen LogP contribution in [0.4, 0.5) is 11.4 Å². The fourth-order valence-electron chi connectivity index (χ4n) is 5.00. The van der Waals surface area contributed by atoms with E-state index < -0.39 is 0 Å². The van der Waals surface area contributed by atoms with E-state index in [9.17, 15) is 10.1 Å². The third-order valence-corrected chi connectivity index (χ3v) is 6.69. The molecule has 1 saturated heterocycles. The number of non-ortho nitro benzene ring substituents is 1. The van der Waals surface area contributed by atoms with Gasteiger partial charge < -0.3 is 4.90 Å². The molecule has 0 amide bonds. The molecule has 0 saturated carbocycles. The van der Waals surface area contributed by atoms with E-state index in [0.29, 0.717) is 12.5 Å². The fourth-order valence-corrected chi connectivity index (χ4v) is 5.00. The molecule has 32 heavy (non-hydrogen) atoms. The Morgan fingerprint density at radius 3 is 2.47 bits per heavy atom. The van der Waals surface area contributed by atoms with Crippen molar-refractivity contribution in [2.24, 2.45) is 10.9 Å². The number of rotatable bonds is 5. The van der Waals surface area contributed by atoms with Gasteiger partial charge in [0.15, 0.2) is 0 Å². The minimum absolute atomic E-state index is 0.119. The maximum Gasteiger partial charge on any atom is 0.270 e. The maximum absolute atomic E-state index is 11.5. The summed E-state index contributed by atoms with van der Waals surface area (Å²) >= 11 is 0. The first-order chi connectivity index (χ1) is 15.7. The molecule has 0 atom stereocenters. The van der Waals surface area contributed by atoms with E-state index in [1.807, 2.05) is 18.2 Å². The molecule has 0 spiro atoms. The Morgan fingerprint density at radius 1 is 0.938 bits per heavy atom. The van der Waals surface area contributed by atoms with Gasteiger partial charge in [-0.1, -0.05) is 54.6 Å². The first kappa shape index (κ1) is 20.4. The molecule has 5 rings (SSSR count). The summed E-state index contributed by atoms with van der Waals surface area (Å²) in [7, 11) is 0. The molecule has 1 fully saturated rings. The molecular weight excluding hydrogens is 398 g/mol. The summed E-state index contributed by atoms with van der Waals surface area (Å²) in [5.74, 6) is 0.669. The standard InChI is InChI=1S/C27H27N3O2/c31-30(32)23-10-11-26(25(19-23)27-24-9-5-4-8-22(24)12-15-28-27)29-16-13-21(14-17-29)18-20-6-2-1-3-7-20/h1-11,19,21H,12-18H2. The summed E-state index contributed by atoms with van der Waals surface area (Å²) < 4.78 is 0. The molecule has 2 aliphatic rings. The fraction of sp³-hybridized carbons (Fsp3) is 0.296. The average Bonchev–Trinajstić information content (AvgIpc) is 2.84. The average molecular weight is 426 g/mol. The van der Waals surface area contributed by atoms with Crippen molar-refractivity contribution in [3.05, 3.63) is 105 Å². The van der Waals surface area contributed by atoms with Gasteiger partial charge in [0.2, 0.25) is 0 Å². The second-order valence-corrected chi connectivity index (χ2v) is 8.72. The number of anilines is 1. The predicted octanol–water partition coefficient (Wildman–Crippen LogP) is 5.45. The number of nitrogens with zero attached hydrogens (tertiary/aromatic N) is 3. The lowest BCUT2D eigenvalue weighted by atomic mass is 9.88. The van der Waals surface area contributed by atoms with Gasteiger partial charge in [-0.05, 0) is 48.8 Å². The van der Waals surface area contributed by atoms with Crippen molar-refractivity contribution in [3.8, 4) is 0 Å². The summed E-state index contributed by atoms with van der Waals surface area (Å²) in [6.07, 6.45) is 4.26. The van der Waals surface area contributed by atoms with Gasteiger partial charge in [0.25, 0.3) is 5.69 Å². The number of hydrogen-bond donors (Lipinski definition) is 0. The third-order valence-electron chi connectivity index (χ3n) is 6.69. The molecule has 2 heterocycles. The predicted molar refractivity (Wildman–Crippen MR) is 129 cm³/mol. The first-order valence-corrected chi connectivity index (χ1v) is 11.4. The summed E-state index contributed by atoms with van der Waals surface area (Å²) in [4.78, 5) is 18.5. The molecule has 162 valence electrons. The molecule has 0 unspecified atom stereocenters. The number of hydrogen-bond acceptors (Lipinski definition) is 4. The van der Waals surface area contributed by atoms with E-state index in [4.69, 9.17) is 4.99 Å². The summed E-state index contributed by atoms with van der Waals surface area (Å²) in [5.41, 5.74) is 6.70. The minimum atomic E-state index is -0.311. The number of benzene rings is 3. The molecule has 0 bridgehead atoms. The van der Waals surface area contributed by atoms with Gasteiger partial charge in [0.1, 0.15) is 0 Å². The van der Waals surface area contributed by atoms with Crippen LogP contribution in [0.25, 0.3) is 0 Å². The van der Waals surface area contributed by atoms with Crippen molar-refractivity contribution < 1.29 is 4.92 Å². The largest absolute Gasteiger partial charge is 0.371 e. The normalized spacial score (nSPS) is 16.4. The van der Waals surface area contributed by atoms with Crippen molar-refractivity contribution in [2.45, 2.75) is 25.7 Å². The molecule has 5 nitrogen and oxygen atoms in total. The van der Waals surface area contributed by atoms with Gasteiger partial charge >= 0.3 is 0 Å². The topological polar surface area (TPSA) is 58.7 Å². The zero-order valence-electron chi connectivity index (χ0n) is 18.1. The Hall–Kier alpha value is -3.47. The Kier molecular flexibility index (Phi) is 5.71. The molecular formula is C27H27N3O2. The lowest BCUT2D eigenvalue weighted by Crippen LogP contribution is -2.35. The highest BCUT2D eigenvalue weighted by Crippen LogP contribution is 2.33. The SMILES string of the molecule is O=[N+]([O-])c1ccc(N2CCC(Cc3ccccc3)CC2)c(C2=NCCc3ccccc32)c1. The second-order valence-electron chi connectivity index (χ2n) is 8.72. The zero-order valence-corrected chi connectivity index (χ0v) is 18.1. The maximum atomic E-state index is 11.5. The molecule has 0 aliphatic carbocycles. The lowest BCUT2D eigenvalue weighted by molar-refractivity contribution is -0.384. The summed E-state index contributed by atoms with van der Waals surface area (Å²) in [5, 5.41) is 11.5. The Bertz CT molecular complexity index is 1150. The molecule has 3 aromatic rings. The van der Waals surface area contributed by atoms with Crippen molar-refractivity contribution in [2.75, 3.05) is 24.5 Å². The van der Waals surface area contributed by atoms with Gasteiger partial charge in [-0.3, -0.25) is 15.1 Å². The van der Waals surface area contributed by atoms with Crippen LogP contribution in [0.1, 0.15) is 35.1 Å². The quantitative estimate of drug-likeness (QED) is 0.404. The van der Waals surface area contributed by atoms with Crippen molar-refractivity contribution in [1.82, 2.24) is 0 Å². The monoisotopic (exact) mass is 425 g/mol. The smallest absolute Gasteiger partial charge is 0.270 e. The number of nitro groups is 1. The van der Waals surface area contributed by atoms with Gasteiger partial charge in [-0.25, -0.2) is 0 Å². The zero-order chi connectivity index (χ0) is 21.9. The highest BCUT2D eigenvalue weighted by molar-refractivity contribution is 6.17. The Labute approximate surface area is 188 Å². The van der Waals surface area contributed by atoms with E-state index in [0.717, 1.165) is 61.3 Å². The first-order valence-electron chi connectivity index (χ1n) is 11.4. The van der Waals surface area contributed by atoms with E-state index >= 15 is 0 Å². The van der Waals surface area contributed by atoms with E-state index in [2.05, 4.69) is 47.4 Å². The van der Waals surface area contributed by atoms with Gasteiger partial charge in [-0.2, -0.15) is 0 Å². The molecule has 2 aliphatic heterocycles. The van der Waals surface area contributed by atoms with Crippen LogP contribution in [0.2, 0.25) is 0 Å². The number of fused-ring (bicyclic) bond motifs is 1. The van der Waals surface area contributed by atoms with Crippen LogP contribution in [0.3, 0.4) is 0 Å². The van der Waals surface area contributed by atoms with E-state index in [1.54, 1.807) is 12.1 Å². The molecule has 0 aromatic heterocycles. The van der Waals surface area contributed by atoms with Crippen molar-refractivity contribution in [1.29, 1.82) is 0 Å². The lowest BCUT2D eigenvalue weighted by Gasteiger charge is -2.35. The van der Waals surface area contributed by atoms with Gasteiger partial charge in [0, 0.05) is 48.6 Å². The van der Waals surface area contributed by atoms with E-state index in [1.165, 1.54) is 11.1 Å². The second kappa shape index (κ2) is 8.95. The number of piperidine rings is 1. The highest BCUT2D eigenvalue weighted by atomic mass is 16.6. The van der Waals surface area contributed by atoms with Gasteiger partial charge in [0.05, 0.1) is 10.6 Å². The third kappa shape index (κ3) is 4.15. The Morgan fingerprint density at radius 2 is 1.69 bits per heavy atom. The van der Waals surface area contributed by atoms with Crippen LogP contribution in [0, 0.1) is 16.0 Å². The minimum Gasteiger partial charge on any atom is -0.371 e. The number of aliphatic imine (C=N–C) groups is 1. The molecule has 0 radical (unpaired) electrons. The van der Waals surface area contributed by atoms with Crippen LogP contribution < -0.4 is 4.90 Å². The Balaban J connectivity index is 1.43. The number of nitro benzene ring substituents is 1. The van der Waals surface area contributed by atoms with Crippen LogP contribution >= 0.6 is 0 Å². The van der Waals surface area contributed by atoms with Gasteiger partial charge in [-0.15, -0.1) is 0 Å². The summed E-state index contributed by atoms with van der Waals surface area (Å²) in [6.45, 7) is 2.63. The van der Waals surface area contributed by atoms with Crippen LogP contribution in [-0.2, 0) is 12.8 Å². The van der Waals surface area contributed by atoms with Crippen molar-refractivity contribution in [3.63, 3.8) is 0 Å². The molecule has 3 aromatic carbocycles. The van der Waals surface area contributed by atoms with Crippen LogP contribution in [-0.4, -0.2) is 30.3 Å². The highest BCUT2D eigenvalue weighted by Gasteiger charge is 2.26. The van der Waals surface area contributed by atoms with Crippen LogP contribution in [0.15, 0.2) is 77.8 Å². The van der Waals surface area contributed by atoms with Crippen molar-refractivity contribution >= 4 is 17.1 Å². The molecule has 5 heteroatoms. The van der Waals surface area contributed by atoms with E-state index in [-0.39, 0.29) is 10.6 Å². The van der Waals surface area contributed by atoms with Crippen LogP contribution in [0.5, 0.6) is 0 Å². The molecule has 0 N–H and O–H groups in total.